The summed E-state index contributed by atoms with van der Waals surface area (Å²) in [6.07, 6.45) is 2.96. The van der Waals surface area contributed by atoms with E-state index < -0.39 is 5.91 Å². The van der Waals surface area contributed by atoms with E-state index in [9.17, 15) is 4.79 Å². The van der Waals surface area contributed by atoms with Crippen molar-refractivity contribution in [2.75, 3.05) is 7.11 Å². The number of benzene rings is 1. The van der Waals surface area contributed by atoms with E-state index in [2.05, 4.69) is 26.5 Å². The van der Waals surface area contributed by atoms with Crippen LogP contribution in [0.2, 0.25) is 0 Å². The number of hydrogen-bond donors (Lipinski definition) is 1. The topological polar surface area (TPSA) is 63.8 Å². The zero-order valence-electron chi connectivity index (χ0n) is 10.1. The Morgan fingerprint density at radius 3 is 2.95 bits per heavy atom. The second-order valence-electron chi connectivity index (χ2n) is 3.57. The Labute approximate surface area is 118 Å². The highest BCUT2D eigenvalue weighted by Gasteiger charge is 2.06. The van der Waals surface area contributed by atoms with E-state index in [1.54, 1.807) is 25.3 Å². The number of hydrazone groups is 1. The first-order valence-corrected chi connectivity index (χ1v) is 6.20. The summed E-state index contributed by atoms with van der Waals surface area (Å²) in [6, 6.07) is 8.67. The monoisotopic (exact) mass is 322 g/mol. The SMILES string of the molecule is COc1ccc(/C=N/NC(=O)c2ccco2)cc1Br. The third kappa shape index (κ3) is 3.45. The third-order valence-corrected chi connectivity index (χ3v) is 2.92. The van der Waals surface area contributed by atoms with Gasteiger partial charge in [0.25, 0.3) is 0 Å². The van der Waals surface area contributed by atoms with Crippen LogP contribution in [0.4, 0.5) is 0 Å². The first kappa shape index (κ1) is 13.4. The number of hydrogen-bond acceptors (Lipinski definition) is 4. The Kier molecular flexibility index (Phi) is 4.35. The Balaban J connectivity index is 1.99. The van der Waals surface area contributed by atoms with Gasteiger partial charge >= 0.3 is 5.91 Å². The van der Waals surface area contributed by atoms with Crippen molar-refractivity contribution in [1.29, 1.82) is 0 Å². The van der Waals surface area contributed by atoms with Crippen molar-refractivity contribution in [3.8, 4) is 5.75 Å². The predicted molar refractivity (Wildman–Crippen MR) is 74.5 cm³/mol. The van der Waals surface area contributed by atoms with Crippen LogP contribution >= 0.6 is 15.9 Å². The number of carbonyl (C=O) groups is 1. The molecule has 1 aromatic heterocycles. The van der Waals surface area contributed by atoms with Crippen molar-refractivity contribution in [3.63, 3.8) is 0 Å². The highest BCUT2D eigenvalue weighted by atomic mass is 79.9. The molecule has 6 heteroatoms. The number of carbonyl (C=O) groups excluding carboxylic acids is 1. The fraction of sp³-hybridized carbons (Fsp3) is 0.0769. The molecule has 0 radical (unpaired) electrons. The van der Waals surface area contributed by atoms with Crippen molar-refractivity contribution in [1.82, 2.24) is 5.43 Å². The molecule has 0 aliphatic rings. The molecule has 5 nitrogen and oxygen atoms in total. The van der Waals surface area contributed by atoms with Crippen LogP contribution in [-0.4, -0.2) is 19.2 Å². The lowest BCUT2D eigenvalue weighted by atomic mass is 10.2. The number of methoxy groups -OCH3 is 1. The fourth-order valence-electron chi connectivity index (χ4n) is 1.39. The van der Waals surface area contributed by atoms with Gasteiger partial charge in [0.2, 0.25) is 0 Å². The number of furan rings is 1. The zero-order chi connectivity index (χ0) is 13.7. The molecule has 0 bridgehead atoms. The molecule has 1 aromatic carbocycles. The van der Waals surface area contributed by atoms with Gasteiger partial charge in [-0.3, -0.25) is 4.79 Å². The van der Waals surface area contributed by atoms with E-state index >= 15 is 0 Å². The lowest BCUT2D eigenvalue weighted by Gasteiger charge is -2.03. The van der Waals surface area contributed by atoms with Crippen LogP contribution in [-0.2, 0) is 0 Å². The summed E-state index contributed by atoms with van der Waals surface area (Å²) >= 11 is 3.37. The number of amides is 1. The third-order valence-electron chi connectivity index (χ3n) is 2.30. The van der Waals surface area contributed by atoms with E-state index in [1.165, 1.54) is 12.5 Å². The molecule has 0 saturated heterocycles. The van der Waals surface area contributed by atoms with E-state index in [0.29, 0.717) is 0 Å². The minimum absolute atomic E-state index is 0.216. The van der Waals surface area contributed by atoms with Crippen molar-refractivity contribution in [2.24, 2.45) is 5.10 Å². The number of ether oxygens (including phenoxy) is 1. The standard InChI is InChI=1S/C13H11BrN2O3/c1-18-11-5-4-9(7-10(11)14)8-15-16-13(17)12-3-2-6-19-12/h2-8H,1H3,(H,16,17)/b15-8+. The van der Waals surface area contributed by atoms with Crippen molar-refractivity contribution >= 4 is 28.1 Å². The summed E-state index contributed by atoms with van der Waals surface area (Å²) in [4.78, 5) is 11.5. The van der Waals surface area contributed by atoms with Crippen LogP contribution in [0.1, 0.15) is 16.1 Å². The summed E-state index contributed by atoms with van der Waals surface area (Å²) in [5.74, 6) is 0.554. The second-order valence-corrected chi connectivity index (χ2v) is 4.42. The summed E-state index contributed by atoms with van der Waals surface area (Å²) < 4.78 is 10.9. The largest absolute Gasteiger partial charge is 0.496 e. The van der Waals surface area contributed by atoms with Crippen LogP contribution in [0, 0.1) is 0 Å². The molecule has 0 fully saturated rings. The number of nitrogens with zero attached hydrogens (tertiary/aromatic N) is 1. The minimum atomic E-state index is -0.395. The maximum atomic E-state index is 11.5. The van der Waals surface area contributed by atoms with Crippen molar-refractivity contribution < 1.29 is 13.9 Å². The maximum absolute atomic E-state index is 11.5. The molecule has 0 unspecified atom stereocenters. The molecule has 0 aliphatic heterocycles. The van der Waals surface area contributed by atoms with Gasteiger partial charge in [-0.1, -0.05) is 0 Å². The molecule has 0 aliphatic carbocycles. The first-order chi connectivity index (χ1) is 9.20. The second kappa shape index (κ2) is 6.19. The van der Waals surface area contributed by atoms with Gasteiger partial charge in [0.05, 0.1) is 24.1 Å². The van der Waals surface area contributed by atoms with Gasteiger partial charge in [-0.25, -0.2) is 5.43 Å². The Morgan fingerprint density at radius 1 is 1.47 bits per heavy atom. The Bertz CT molecular complexity index is 594. The van der Waals surface area contributed by atoms with Crippen LogP contribution < -0.4 is 10.2 Å². The smallest absolute Gasteiger partial charge is 0.307 e. The molecule has 1 N–H and O–H groups in total. The maximum Gasteiger partial charge on any atom is 0.307 e. The molecule has 0 atom stereocenters. The van der Waals surface area contributed by atoms with Gasteiger partial charge in [0.15, 0.2) is 5.76 Å². The zero-order valence-corrected chi connectivity index (χ0v) is 11.7. The highest BCUT2D eigenvalue weighted by Crippen LogP contribution is 2.24. The lowest BCUT2D eigenvalue weighted by molar-refractivity contribution is 0.0927. The fourth-order valence-corrected chi connectivity index (χ4v) is 1.95. The minimum Gasteiger partial charge on any atom is -0.496 e. The van der Waals surface area contributed by atoms with E-state index in [0.717, 1.165) is 15.8 Å². The van der Waals surface area contributed by atoms with Crippen LogP contribution in [0.25, 0.3) is 0 Å². The molecule has 2 aromatic rings. The Morgan fingerprint density at radius 2 is 2.32 bits per heavy atom. The van der Waals surface area contributed by atoms with Crippen molar-refractivity contribution in [2.45, 2.75) is 0 Å². The number of nitrogens with one attached hydrogen (secondary N) is 1. The van der Waals surface area contributed by atoms with Crippen LogP contribution in [0.3, 0.4) is 0 Å². The molecule has 1 amide bonds. The van der Waals surface area contributed by atoms with Gasteiger partial charge < -0.3 is 9.15 Å². The number of rotatable bonds is 4. The molecule has 98 valence electrons. The lowest BCUT2D eigenvalue weighted by Crippen LogP contribution is -2.16. The molecule has 0 saturated carbocycles. The molecule has 1 heterocycles. The van der Waals surface area contributed by atoms with Crippen LogP contribution in [0.5, 0.6) is 5.75 Å². The van der Waals surface area contributed by atoms with Gasteiger partial charge in [0, 0.05) is 0 Å². The van der Waals surface area contributed by atoms with E-state index in [4.69, 9.17) is 9.15 Å². The average molecular weight is 323 g/mol. The highest BCUT2D eigenvalue weighted by molar-refractivity contribution is 9.10. The molecule has 0 spiro atoms. The van der Waals surface area contributed by atoms with Gasteiger partial charge in [-0.2, -0.15) is 5.10 Å². The van der Waals surface area contributed by atoms with Gasteiger partial charge in [-0.05, 0) is 51.8 Å². The summed E-state index contributed by atoms with van der Waals surface area (Å²) in [5, 5.41) is 3.85. The Hall–Kier alpha value is -2.08. The molecule has 19 heavy (non-hydrogen) atoms. The van der Waals surface area contributed by atoms with E-state index in [-0.39, 0.29) is 5.76 Å². The number of halogens is 1. The van der Waals surface area contributed by atoms with Gasteiger partial charge in [0.1, 0.15) is 5.75 Å². The summed E-state index contributed by atoms with van der Waals surface area (Å²) in [7, 11) is 1.59. The first-order valence-electron chi connectivity index (χ1n) is 5.41. The normalized spacial score (nSPS) is 10.6. The molecule has 2 rings (SSSR count). The molecular formula is C13H11BrN2O3. The van der Waals surface area contributed by atoms with Crippen LogP contribution in [0.15, 0.2) is 50.6 Å². The van der Waals surface area contributed by atoms with Crippen molar-refractivity contribution in [3.05, 3.63) is 52.4 Å². The molecular weight excluding hydrogens is 312 g/mol. The quantitative estimate of drug-likeness (QED) is 0.695. The summed E-state index contributed by atoms with van der Waals surface area (Å²) in [6.45, 7) is 0. The van der Waals surface area contributed by atoms with E-state index in [1.807, 2.05) is 12.1 Å². The van der Waals surface area contributed by atoms with Gasteiger partial charge in [-0.15, -0.1) is 0 Å². The summed E-state index contributed by atoms with van der Waals surface area (Å²) in [5.41, 5.74) is 3.20. The predicted octanol–water partition coefficient (Wildman–Crippen LogP) is 2.81. The average Bonchev–Trinajstić information content (AvgIpc) is 2.93.